The van der Waals surface area contributed by atoms with E-state index in [4.69, 9.17) is 4.74 Å². The number of fused-ring (bicyclic) bond motifs is 2. The number of benzene rings is 4. The molecule has 0 saturated carbocycles. The molecule has 1 radical (unpaired) electrons. The Morgan fingerprint density at radius 3 is 1.67 bits per heavy atom. The van der Waals surface area contributed by atoms with Gasteiger partial charge in [-0.3, -0.25) is 4.98 Å². The highest BCUT2D eigenvalue weighted by Crippen LogP contribution is 2.50. The maximum absolute atomic E-state index is 6.16. The van der Waals surface area contributed by atoms with Crippen molar-refractivity contribution >= 4 is 17.1 Å². The minimum atomic E-state index is 0.855. The van der Waals surface area contributed by atoms with Gasteiger partial charge in [0.1, 0.15) is 0 Å². The molecule has 0 N–H and O–H groups in total. The van der Waals surface area contributed by atoms with Crippen LogP contribution in [0.25, 0.3) is 0 Å². The molecular formula is C30H21N2O. The first kappa shape index (κ1) is 19.3. The minimum Gasteiger partial charge on any atom is -0.453 e. The smallest absolute Gasteiger partial charge is 0.151 e. The lowest BCUT2D eigenvalue weighted by atomic mass is 9.85. The topological polar surface area (TPSA) is 25.4 Å². The molecule has 2 heterocycles. The van der Waals surface area contributed by atoms with E-state index in [-0.39, 0.29) is 0 Å². The molecule has 0 atom stereocenters. The molecule has 157 valence electrons. The third-order valence-electron chi connectivity index (χ3n) is 5.88. The normalized spacial score (nSPS) is 12.1. The van der Waals surface area contributed by atoms with Crippen LogP contribution in [0.2, 0.25) is 0 Å². The molecule has 4 aromatic carbocycles. The van der Waals surface area contributed by atoms with E-state index >= 15 is 0 Å². The second kappa shape index (κ2) is 8.29. The summed E-state index contributed by atoms with van der Waals surface area (Å²) in [6.07, 6.45) is 3.68. The number of para-hydroxylation sites is 4. The van der Waals surface area contributed by atoms with E-state index in [9.17, 15) is 0 Å². The van der Waals surface area contributed by atoms with Crippen LogP contribution in [0, 0.1) is 5.92 Å². The molecule has 3 heteroatoms. The zero-order valence-corrected chi connectivity index (χ0v) is 17.9. The zero-order chi connectivity index (χ0) is 22.0. The van der Waals surface area contributed by atoms with Crippen LogP contribution in [0.5, 0.6) is 11.5 Å². The highest BCUT2D eigenvalue weighted by Gasteiger charge is 2.25. The van der Waals surface area contributed by atoms with Gasteiger partial charge in [0.15, 0.2) is 11.5 Å². The SMILES string of the molecule is c1ccc([C](c2ccncc2)c2ccc(N3c4ccccc4Oc4ccccc43)cc2)cc1. The summed E-state index contributed by atoms with van der Waals surface area (Å²) in [7, 11) is 0. The van der Waals surface area contributed by atoms with Gasteiger partial charge < -0.3 is 9.64 Å². The molecule has 0 bridgehead atoms. The van der Waals surface area contributed by atoms with Gasteiger partial charge in [-0.25, -0.2) is 0 Å². The van der Waals surface area contributed by atoms with Gasteiger partial charge in [0.25, 0.3) is 0 Å². The van der Waals surface area contributed by atoms with Gasteiger partial charge in [0, 0.05) is 18.1 Å². The number of hydrogen-bond donors (Lipinski definition) is 0. The maximum atomic E-state index is 6.16. The second-order valence-corrected chi connectivity index (χ2v) is 7.90. The van der Waals surface area contributed by atoms with E-state index in [1.165, 1.54) is 11.5 Å². The monoisotopic (exact) mass is 425 g/mol. The Morgan fingerprint density at radius 1 is 0.515 bits per heavy atom. The van der Waals surface area contributed by atoms with Gasteiger partial charge in [-0.15, -0.1) is 0 Å². The van der Waals surface area contributed by atoms with Gasteiger partial charge in [-0.2, -0.15) is 0 Å². The predicted octanol–water partition coefficient (Wildman–Crippen LogP) is 7.68. The van der Waals surface area contributed by atoms with Gasteiger partial charge >= 0.3 is 0 Å². The third kappa shape index (κ3) is 3.54. The molecule has 0 amide bonds. The average Bonchev–Trinajstić information content (AvgIpc) is 2.89. The molecule has 33 heavy (non-hydrogen) atoms. The molecule has 0 fully saturated rings. The fourth-order valence-corrected chi connectivity index (χ4v) is 4.38. The van der Waals surface area contributed by atoms with Gasteiger partial charge in [-0.05, 0) is 65.2 Å². The van der Waals surface area contributed by atoms with Crippen molar-refractivity contribution in [2.75, 3.05) is 4.90 Å². The number of anilines is 3. The quantitative estimate of drug-likeness (QED) is 0.290. The Hall–Kier alpha value is -4.37. The Kier molecular flexibility index (Phi) is 4.85. The summed E-state index contributed by atoms with van der Waals surface area (Å²) in [6.45, 7) is 0. The summed E-state index contributed by atoms with van der Waals surface area (Å²) in [6, 6.07) is 39.7. The first-order valence-electron chi connectivity index (χ1n) is 11.0. The Labute approximate surface area is 193 Å². The van der Waals surface area contributed by atoms with E-state index in [0.29, 0.717) is 0 Å². The van der Waals surface area contributed by atoms with Crippen LogP contribution < -0.4 is 9.64 Å². The van der Waals surface area contributed by atoms with Crippen LogP contribution in [0.1, 0.15) is 16.7 Å². The maximum Gasteiger partial charge on any atom is 0.151 e. The second-order valence-electron chi connectivity index (χ2n) is 7.90. The molecular weight excluding hydrogens is 404 g/mol. The predicted molar refractivity (Wildman–Crippen MR) is 132 cm³/mol. The number of rotatable bonds is 4. The lowest BCUT2D eigenvalue weighted by molar-refractivity contribution is 0.477. The van der Waals surface area contributed by atoms with Crippen LogP contribution in [0.15, 0.2) is 128 Å². The standard InChI is InChI=1S/C30H21N2O/c1-2-8-22(9-3-1)30(24-18-20-31-21-19-24)23-14-16-25(17-15-23)32-26-10-4-6-12-28(26)33-29-13-7-5-11-27(29)32/h1-21H. The average molecular weight is 426 g/mol. The lowest BCUT2D eigenvalue weighted by Crippen LogP contribution is -2.15. The zero-order valence-electron chi connectivity index (χ0n) is 17.9. The highest BCUT2D eigenvalue weighted by molar-refractivity contribution is 5.86. The van der Waals surface area contributed by atoms with Crippen molar-refractivity contribution in [2.45, 2.75) is 0 Å². The van der Waals surface area contributed by atoms with Crippen LogP contribution in [-0.4, -0.2) is 4.98 Å². The van der Waals surface area contributed by atoms with Crippen LogP contribution in [0.3, 0.4) is 0 Å². The number of hydrogen-bond acceptors (Lipinski definition) is 3. The highest BCUT2D eigenvalue weighted by atomic mass is 16.5. The fourth-order valence-electron chi connectivity index (χ4n) is 4.38. The van der Waals surface area contributed by atoms with Crippen LogP contribution in [0.4, 0.5) is 17.1 Å². The summed E-state index contributed by atoms with van der Waals surface area (Å²) >= 11 is 0. The van der Waals surface area contributed by atoms with Crippen molar-refractivity contribution in [2.24, 2.45) is 0 Å². The summed E-state index contributed by atoms with van der Waals surface area (Å²) in [4.78, 5) is 6.46. The first-order chi connectivity index (χ1) is 16.4. The van der Waals surface area contributed by atoms with Crippen molar-refractivity contribution in [1.82, 2.24) is 4.98 Å². The summed E-state index contributed by atoms with van der Waals surface area (Å²) in [5, 5.41) is 0. The number of pyridine rings is 1. The Bertz CT molecular complexity index is 1300. The molecule has 0 spiro atoms. The Morgan fingerprint density at radius 2 is 1.03 bits per heavy atom. The van der Waals surface area contributed by atoms with E-state index in [1.54, 1.807) is 0 Å². The van der Waals surface area contributed by atoms with Crippen molar-refractivity contribution in [3.05, 3.63) is 150 Å². The molecule has 1 aliphatic heterocycles. The molecule has 6 rings (SSSR count). The van der Waals surface area contributed by atoms with Crippen molar-refractivity contribution in [3.63, 3.8) is 0 Å². The minimum absolute atomic E-state index is 0.855. The molecule has 0 aliphatic carbocycles. The van der Waals surface area contributed by atoms with Gasteiger partial charge in [0.2, 0.25) is 0 Å². The largest absolute Gasteiger partial charge is 0.453 e. The van der Waals surface area contributed by atoms with E-state index in [1.807, 2.05) is 54.9 Å². The molecule has 5 aromatic rings. The van der Waals surface area contributed by atoms with E-state index in [0.717, 1.165) is 39.7 Å². The summed E-state index contributed by atoms with van der Waals surface area (Å²) in [5.74, 6) is 2.90. The number of nitrogens with zero attached hydrogens (tertiary/aromatic N) is 2. The third-order valence-corrected chi connectivity index (χ3v) is 5.88. The lowest BCUT2D eigenvalue weighted by Gasteiger charge is -2.33. The van der Waals surface area contributed by atoms with Crippen LogP contribution >= 0.6 is 0 Å². The Balaban J connectivity index is 1.44. The van der Waals surface area contributed by atoms with Gasteiger partial charge in [0.05, 0.1) is 17.3 Å². The van der Waals surface area contributed by atoms with Crippen molar-refractivity contribution < 1.29 is 4.74 Å². The number of aromatic nitrogens is 1. The summed E-state index contributed by atoms with van der Waals surface area (Å²) in [5.41, 5.74) is 6.63. The first-order valence-corrected chi connectivity index (χ1v) is 11.0. The fraction of sp³-hybridized carbons (Fsp3) is 0. The van der Waals surface area contributed by atoms with E-state index < -0.39 is 0 Å². The van der Waals surface area contributed by atoms with Crippen molar-refractivity contribution in [3.8, 4) is 11.5 Å². The molecule has 3 nitrogen and oxygen atoms in total. The molecule has 1 aliphatic rings. The molecule has 1 aromatic heterocycles. The van der Waals surface area contributed by atoms with Crippen LogP contribution in [-0.2, 0) is 0 Å². The summed E-state index contributed by atoms with van der Waals surface area (Å²) < 4.78 is 6.16. The van der Waals surface area contributed by atoms with Gasteiger partial charge in [-0.1, -0.05) is 66.7 Å². The number of ether oxygens (including phenoxy) is 1. The molecule has 0 saturated heterocycles. The van der Waals surface area contributed by atoms with E-state index in [2.05, 4.69) is 82.7 Å². The molecule has 0 unspecified atom stereocenters. The van der Waals surface area contributed by atoms with Crippen molar-refractivity contribution in [1.29, 1.82) is 0 Å².